The first-order valence-corrected chi connectivity index (χ1v) is 6.95. The van der Waals surface area contributed by atoms with E-state index in [1.807, 2.05) is 22.7 Å². The predicted molar refractivity (Wildman–Crippen MR) is 66.0 cm³/mol. The van der Waals surface area contributed by atoms with E-state index in [0.717, 1.165) is 0 Å². The molecule has 3 heteroatoms. The Morgan fingerprint density at radius 2 is 2.31 bits per heavy atom. The lowest BCUT2D eigenvalue weighted by Crippen LogP contribution is -1.76. The van der Waals surface area contributed by atoms with Gasteiger partial charge in [0, 0.05) is 19.4 Å². The molecule has 0 aromatic carbocycles. The van der Waals surface area contributed by atoms with Crippen LogP contribution in [0.3, 0.4) is 0 Å². The number of unbranched alkanes of at least 4 members (excludes halogenated alkanes) is 1. The highest BCUT2D eigenvalue weighted by Crippen LogP contribution is 2.37. The second kappa shape index (κ2) is 4.11. The van der Waals surface area contributed by atoms with Gasteiger partial charge in [0.25, 0.3) is 0 Å². The molecule has 0 fully saturated rings. The molecule has 0 aliphatic carbocycles. The van der Waals surface area contributed by atoms with E-state index in [2.05, 4.69) is 34.3 Å². The maximum absolute atomic E-state index is 3.57. The summed E-state index contributed by atoms with van der Waals surface area (Å²) in [5.41, 5.74) is 0. The number of hydrogen-bond acceptors (Lipinski definition) is 2. The molecule has 0 aliphatic rings. The van der Waals surface area contributed by atoms with Gasteiger partial charge >= 0.3 is 0 Å². The highest BCUT2D eigenvalue weighted by atomic mass is 79.9. The highest BCUT2D eigenvalue weighted by molar-refractivity contribution is 9.10. The van der Waals surface area contributed by atoms with Gasteiger partial charge in [0.15, 0.2) is 0 Å². The summed E-state index contributed by atoms with van der Waals surface area (Å²) in [6.07, 6.45) is 3.84. The molecule has 2 aromatic rings. The Hall–Kier alpha value is 0.140. The molecule has 0 unspecified atom stereocenters. The van der Waals surface area contributed by atoms with Crippen molar-refractivity contribution in [2.24, 2.45) is 0 Å². The molecule has 2 aromatic heterocycles. The predicted octanol–water partition coefficient (Wildman–Crippen LogP) is 5.07. The number of halogens is 1. The van der Waals surface area contributed by atoms with E-state index in [9.17, 15) is 0 Å². The summed E-state index contributed by atoms with van der Waals surface area (Å²) in [6.45, 7) is 2.24. The fourth-order valence-corrected chi connectivity index (χ4v) is 4.38. The first-order chi connectivity index (χ1) is 6.31. The minimum absolute atomic E-state index is 1.25. The minimum Gasteiger partial charge on any atom is -0.142 e. The number of aryl methyl sites for hydroxylation is 1. The van der Waals surface area contributed by atoms with Crippen molar-refractivity contribution in [2.45, 2.75) is 26.2 Å². The third kappa shape index (κ3) is 1.97. The van der Waals surface area contributed by atoms with Crippen LogP contribution in [-0.4, -0.2) is 0 Å². The van der Waals surface area contributed by atoms with Crippen molar-refractivity contribution in [3.63, 3.8) is 0 Å². The molecule has 70 valence electrons. The standard InChI is InChI=1S/C10H11BrS2/c1-2-3-4-7-5-9-10(13-7)8(11)6-12-9/h5-6H,2-4H2,1H3. The summed E-state index contributed by atoms with van der Waals surface area (Å²) >= 11 is 7.34. The van der Waals surface area contributed by atoms with Crippen LogP contribution in [0.4, 0.5) is 0 Å². The lowest BCUT2D eigenvalue weighted by atomic mass is 10.2. The van der Waals surface area contributed by atoms with Crippen molar-refractivity contribution in [3.8, 4) is 0 Å². The molecule has 13 heavy (non-hydrogen) atoms. The molecule has 2 rings (SSSR count). The number of hydrogen-bond donors (Lipinski definition) is 0. The average Bonchev–Trinajstić information content (AvgIpc) is 2.65. The van der Waals surface area contributed by atoms with E-state index in [1.54, 1.807) is 0 Å². The summed E-state index contributed by atoms with van der Waals surface area (Å²) in [6, 6.07) is 2.34. The lowest BCUT2D eigenvalue weighted by Gasteiger charge is -1.91. The fraction of sp³-hybridized carbons (Fsp3) is 0.400. The fourth-order valence-electron chi connectivity index (χ4n) is 1.32. The van der Waals surface area contributed by atoms with Crippen molar-refractivity contribution < 1.29 is 0 Å². The molecule has 0 N–H and O–H groups in total. The van der Waals surface area contributed by atoms with Crippen molar-refractivity contribution in [1.82, 2.24) is 0 Å². The SMILES string of the molecule is CCCCc1cc2scc(Br)c2s1. The third-order valence-corrected chi connectivity index (χ3v) is 5.51. The third-order valence-electron chi connectivity index (χ3n) is 2.03. The highest BCUT2D eigenvalue weighted by Gasteiger charge is 2.06. The largest absolute Gasteiger partial charge is 0.142 e. The second-order valence-electron chi connectivity index (χ2n) is 3.09. The Morgan fingerprint density at radius 1 is 1.46 bits per heavy atom. The van der Waals surface area contributed by atoms with Gasteiger partial charge in [-0.15, -0.1) is 22.7 Å². The van der Waals surface area contributed by atoms with Crippen LogP contribution in [0.15, 0.2) is 15.9 Å². The van der Waals surface area contributed by atoms with Crippen LogP contribution < -0.4 is 0 Å². The van der Waals surface area contributed by atoms with Crippen LogP contribution in [0.25, 0.3) is 9.40 Å². The Kier molecular flexibility index (Phi) is 3.06. The van der Waals surface area contributed by atoms with Crippen LogP contribution in [0.2, 0.25) is 0 Å². The quantitative estimate of drug-likeness (QED) is 0.733. The molecule has 0 amide bonds. The van der Waals surface area contributed by atoms with E-state index in [0.29, 0.717) is 0 Å². The van der Waals surface area contributed by atoms with Crippen molar-refractivity contribution >= 4 is 48.0 Å². The average molecular weight is 275 g/mol. The molecule has 0 saturated carbocycles. The summed E-state index contributed by atoms with van der Waals surface area (Å²) in [5, 5.41) is 2.17. The van der Waals surface area contributed by atoms with Gasteiger partial charge in [0.2, 0.25) is 0 Å². The summed E-state index contributed by atoms with van der Waals surface area (Å²) in [5.74, 6) is 0. The van der Waals surface area contributed by atoms with Crippen LogP contribution in [0.5, 0.6) is 0 Å². The van der Waals surface area contributed by atoms with E-state index >= 15 is 0 Å². The van der Waals surface area contributed by atoms with Crippen molar-refractivity contribution in [3.05, 3.63) is 20.8 Å². The Morgan fingerprint density at radius 3 is 3.00 bits per heavy atom. The van der Waals surface area contributed by atoms with E-state index in [1.165, 1.54) is 38.0 Å². The zero-order valence-corrected chi connectivity index (χ0v) is 10.7. The molecule has 0 aliphatic heterocycles. The Labute approximate surface area is 94.7 Å². The van der Waals surface area contributed by atoms with E-state index in [-0.39, 0.29) is 0 Å². The molecule has 0 radical (unpaired) electrons. The topological polar surface area (TPSA) is 0 Å². The van der Waals surface area contributed by atoms with Crippen molar-refractivity contribution in [2.75, 3.05) is 0 Å². The monoisotopic (exact) mass is 274 g/mol. The molecule has 0 nitrogen and oxygen atoms in total. The van der Waals surface area contributed by atoms with Crippen LogP contribution >= 0.6 is 38.6 Å². The van der Waals surface area contributed by atoms with Gasteiger partial charge in [-0.1, -0.05) is 13.3 Å². The molecule has 0 atom stereocenters. The first kappa shape index (κ1) is 9.69. The van der Waals surface area contributed by atoms with Crippen molar-refractivity contribution in [1.29, 1.82) is 0 Å². The lowest BCUT2D eigenvalue weighted by molar-refractivity contribution is 0.804. The van der Waals surface area contributed by atoms with E-state index < -0.39 is 0 Å². The van der Waals surface area contributed by atoms with Crippen LogP contribution in [0.1, 0.15) is 24.6 Å². The molecule has 0 bridgehead atoms. The maximum atomic E-state index is 3.57. The number of rotatable bonds is 3. The van der Waals surface area contributed by atoms with Gasteiger partial charge in [-0.2, -0.15) is 0 Å². The molecule has 0 saturated heterocycles. The normalized spacial score (nSPS) is 11.2. The van der Waals surface area contributed by atoms with Gasteiger partial charge in [-0.25, -0.2) is 0 Å². The molecular weight excluding hydrogens is 264 g/mol. The first-order valence-electron chi connectivity index (χ1n) is 4.46. The molecular formula is C10H11BrS2. The Balaban J connectivity index is 2.28. The molecule has 0 spiro atoms. The van der Waals surface area contributed by atoms with Gasteiger partial charge in [-0.05, 0) is 34.8 Å². The van der Waals surface area contributed by atoms with Gasteiger partial charge in [-0.3, -0.25) is 0 Å². The summed E-state index contributed by atoms with van der Waals surface area (Å²) in [4.78, 5) is 1.53. The number of thiophene rings is 2. The van der Waals surface area contributed by atoms with Gasteiger partial charge in [0.1, 0.15) is 0 Å². The smallest absolute Gasteiger partial charge is 0.0595 e. The summed E-state index contributed by atoms with van der Waals surface area (Å²) < 4.78 is 4.12. The zero-order valence-electron chi connectivity index (χ0n) is 7.47. The Bertz CT molecular complexity index is 400. The molecule has 2 heterocycles. The van der Waals surface area contributed by atoms with Gasteiger partial charge < -0.3 is 0 Å². The zero-order chi connectivity index (χ0) is 9.26. The number of fused-ring (bicyclic) bond motifs is 1. The second-order valence-corrected chi connectivity index (χ2v) is 6.00. The summed E-state index contributed by atoms with van der Waals surface area (Å²) in [7, 11) is 0. The van der Waals surface area contributed by atoms with E-state index in [4.69, 9.17) is 0 Å². The van der Waals surface area contributed by atoms with Crippen LogP contribution in [0, 0.1) is 0 Å². The van der Waals surface area contributed by atoms with Crippen LogP contribution in [-0.2, 0) is 6.42 Å². The maximum Gasteiger partial charge on any atom is 0.0595 e. The van der Waals surface area contributed by atoms with Gasteiger partial charge in [0.05, 0.1) is 4.70 Å². The minimum atomic E-state index is 1.25.